The molecule has 2 heterocycles. The molecule has 0 aromatic carbocycles. The molecule has 0 amide bonds. The van der Waals surface area contributed by atoms with E-state index in [0.29, 0.717) is 12.8 Å². The van der Waals surface area contributed by atoms with Crippen molar-refractivity contribution in [2.45, 2.75) is 62.2 Å². The number of hydrogen-bond donors (Lipinski definition) is 0. The van der Waals surface area contributed by atoms with E-state index < -0.39 is 57.3 Å². The monoisotopic (exact) mass is 436 g/mol. The fraction of sp³-hybridized carbons (Fsp3) is 0.846. The van der Waals surface area contributed by atoms with E-state index in [1.807, 2.05) is 0 Å². The van der Waals surface area contributed by atoms with Crippen LogP contribution in [0.3, 0.4) is 0 Å². The highest BCUT2D eigenvalue weighted by Gasteiger charge is 2.86. The minimum absolute atomic E-state index is 0.0541. The molecular weight excluding hydrogens is 423 g/mol. The Morgan fingerprint density at radius 1 is 0.963 bits per heavy atom. The zero-order valence-electron chi connectivity index (χ0n) is 13.6. The predicted octanol–water partition coefficient (Wildman–Crippen LogP) is 4.23. The first-order chi connectivity index (χ1) is 11.9. The summed E-state index contributed by atoms with van der Waals surface area (Å²) in [6, 6.07) is 0. The van der Waals surface area contributed by atoms with Crippen molar-refractivity contribution in [3.8, 4) is 0 Å². The van der Waals surface area contributed by atoms with Crippen LogP contribution in [0.2, 0.25) is 0 Å². The summed E-state index contributed by atoms with van der Waals surface area (Å²) in [5.41, 5.74) is -0.0541. The van der Waals surface area contributed by atoms with Gasteiger partial charge in [0.05, 0.1) is 12.2 Å². The summed E-state index contributed by atoms with van der Waals surface area (Å²) in [4.78, 5) is 0. The second-order valence-electron chi connectivity index (χ2n) is 6.28. The van der Waals surface area contributed by atoms with Gasteiger partial charge in [-0.2, -0.15) is 47.9 Å². The zero-order valence-corrected chi connectivity index (χ0v) is 14.4. The number of ether oxygens (including phenoxy) is 1. The van der Waals surface area contributed by atoms with Gasteiger partial charge in [-0.1, -0.05) is 6.92 Å². The Bertz CT molecular complexity index is 741. The molecular formula is C13H13F9O4S. The van der Waals surface area contributed by atoms with E-state index in [2.05, 4.69) is 4.18 Å². The van der Waals surface area contributed by atoms with Crippen LogP contribution in [0.1, 0.15) is 26.7 Å². The van der Waals surface area contributed by atoms with Crippen LogP contribution in [0.15, 0.2) is 11.3 Å². The largest absolute Gasteiger partial charge is 0.460 e. The number of fused-ring (bicyclic) bond motifs is 2. The Labute approximate surface area is 147 Å². The highest BCUT2D eigenvalue weighted by atomic mass is 32.2. The maximum Gasteiger partial charge on any atom is 0.460 e. The summed E-state index contributed by atoms with van der Waals surface area (Å²) >= 11 is 0. The molecule has 2 aliphatic rings. The van der Waals surface area contributed by atoms with E-state index in [1.165, 1.54) is 13.8 Å². The molecule has 1 fully saturated rings. The molecule has 2 bridgehead atoms. The molecule has 0 N–H and O–H groups in total. The van der Waals surface area contributed by atoms with Crippen molar-refractivity contribution >= 4 is 10.1 Å². The molecule has 14 heteroatoms. The zero-order chi connectivity index (χ0) is 21.2. The minimum Gasteiger partial charge on any atom is -0.382 e. The molecule has 0 spiro atoms. The fourth-order valence-corrected chi connectivity index (χ4v) is 3.93. The SMILES string of the molecule is CC1=C(OS(=O)(=O)C(F)(F)C(F)(F)C(F)(F)C(F)(F)F)[C@@H](C)[C@H]2CC[C@@H]1O2. The van der Waals surface area contributed by atoms with Gasteiger partial charge in [0, 0.05) is 5.92 Å². The number of alkyl halides is 9. The fourth-order valence-electron chi connectivity index (χ4n) is 2.87. The van der Waals surface area contributed by atoms with Crippen molar-refractivity contribution in [2.24, 2.45) is 5.92 Å². The maximum atomic E-state index is 13.7. The molecule has 0 aromatic rings. The van der Waals surface area contributed by atoms with Gasteiger partial charge < -0.3 is 8.92 Å². The Hall–Kier alpha value is -1.18. The highest BCUT2D eigenvalue weighted by Crippen LogP contribution is 2.55. The summed E-state index contributed by atoms with van der Waals surface area (Å²) in [5, 5.41) is -6.87. The topological polar surface area (TPSA) is 52.6 Å². The van der Waals surface area contributed by atoms with Crippen LogP contribution in [0.5, 0.6) is 0 Å². The average molecular weight is 436 g/mol. The lowest BCUT2D eigenvalue weighted by Crippen LogP contribution is -2.63. The lowest BCUT2D eigenvalue weighted by atomic mass is 9.98. The standard InChI is InChI=1S/C13H13F9O4S/c1-5-7-3-4-8(25-7)6(2)9(5)26-27(23,24)13(21,22)11(16,17)10(14,15)12(18,19)20/h5,7-8H,3-4H2,1-2H3/t5-,7+,8-/m0/s1. The lowest BCUT2D eigenvalue weighted by molar-refractivity contribution is -0.382. The summed E-state index contributed by atoms with van der Waals surface area (Å²) in [6.45, 7) is 2.44. The van der Waals surface area contributed by atoms with Crippen molar-refractivity contribution in [1.29, 1.82) is 0 Å². The van der Waals surface area contributed by atoms with Gasteiger partial charge in [0.25, 0.3) is 0 Å². The van der Waals surface area contributed by atoms with Crippen molar-refractivity contribution < 1.29 is 56.9 Å². The molecule has 0 aromatic heterocycles. The van der Waals surface area contributed by atoms with Gasteiger partial charge >= 0.3 is 33.4 Å². The quantitative estimate of drug-likeness (QED) is 0.478. The Balaban J connectivity index is 2.44. The van der Waals surface area contributed by atoms with Crippen LogP contribution in [-0.4, -0.2) is 43.9 Å². The molecule has 4 nitrogen and oxygen atoms in total. The summed E-state index contributed by atoms with van der Waals surface area (Å²) < 4.78 is 149. The van der Waals surface area contributed by atoms with E-state index in [-0.39, 0.29) is 5.57 Å². The molecule has 158 valence electrons. The van der Waals surface area contributed by atoms with Crippen LogP contribution in [0.25, 0.3) is 0 Å². The third kappa shape index (κ3) is 3.08. The minimum atomic E-state index is -7.33. The van der Waals surface area contributed by atoms with Crippen LogP contribution in [0.4, 0.5) is 39.5 Å². The van der Waals surface area contributed by atoms with Crippen molar-refractivity contribution in [1.82, 2.24) is 0 Å². The van der Waals surface area contributed by atoms with Gasteiger partial charge in [0.15, 0.2) is 0 Å². The summed E-state index contributed by atoms with van der Waals surface area (Å²) in [5.74, 6) is -16.4. The van der Waals surface area contributed by atoms with Gasteiger partial charge in [0.1, 0.15) is 5.76 Å². The smallest absolute Gasteiger partial charge is 0.382 e. The van der Waals surface area contributed by atoms with Gasteiger partial charge in [-0.25, -0.2) is 0 Å². The Kier molecular flexibility index (Phi) is 5.04. The number of hydrogen-bond acceptors (Lipinski definition) is 4. The molecule has 0 aliphatic carbocycles. The third-order valence-electron chi connectivity index (χ3n) is 4.52. The first-order valence-corrected chi connectivity index (χ1v) is 8.79. The average Bonchev–Trinajstić information content (AvgIpc) is 2.95. The Morgan fingerprint density at radius 3 is 1.96 bits per heavy atom. The first kappa shape index (κ1) is 22.1. The van der Waals surface area contributed by atoms with Gasteiger partial charge in [-0.15, -0.1) is 0 Å². The highest BCUT2D eigenvalue weighted by molar-refractivity contribution is 7.88. The van der Waals surface area contributed by atoms with E-state index in [1.54, 1.807) is 0 Å². The second kappa shape index (κ2) is 6.16. The first-order valence-electron chi connectivity index (χ1n) is 7.39. The van der Waals surface area contributed by atoms with Gasteiger partial charge in [0.2, 0.25) is 0 Å². The van der Waals surface area contributed by atoms with Crippen LogP contribution < -0.4 is 0 Å². The summed E-state index contributed by atoms with van der Waals surface area (Å²) in [6.07, 6.45) is -7.89. The normalized spacial score (nSPS) is 27.9. The van der Waals surface area contributed by atoms with Crippen LogP contribution in [-0.2, 0) is 19.0 Å². The van der Waals surface area contributed by atoms with Crippen LogP contribution in [0, 0.1) is 5.92 Å². The van der Waals surface area contributed by atoms with Crippen LogP contribution >= 0.6 is 0 Å². The molecule has 0 saturated carbocycles. The molecule has 1 saturated heterocycles. The number of halogens is 9. The summed E-state index contributed by atoms with van der Waals surface area (Å²) in [7, 11) is -6.92. The lowest BCUT2D eigenvalue weighted by Gasteiger charge is -2.34. The van der Waals surface area contributed by atoms with E-state index >= 15 is 0 Å². The molecule has 2 aliphatic heterocycles. The molecule has 0 unspecified atom stereocenters. The molecule has 2 rings (SSSR count). The predicted molar refractivity (Wildman–Crippen MR) is 70.7 cm³/mol. The molecule has 3 atom stereocenters. The van der Waals surface area contributed by atoms with Gasteiger partial charge in [-0.3, -0.25) is 0 Å². The van der Waals surface area contributed by atoms with Gasteiger partial charge in [-0.05, 0) is 25.3 Å². The van der Waals surface area contributed by atoms with E-state index in [4.69, 9.17) is 4.74 Å². The maximum absolute atomic E-state index is 13.7. The third-order valence-corrected chi connectivity index (χ3v) is 5.81. The van der Waals surface area contributed by atoms with E-state index in [0.717, 1.165) is 0 Å². The molecule has 0 radical (unpaired) electrons. The Morgan fingerprint density at radius 2 is 1.48 bits per heavy atom. The van der Waals surface area contributed by atoms with E-state index in [9.17, 15) is 47.9 Å². The molecule has 27 heavy (non-hydrogen) atoms. The van der Waals surface area contributed by atoms with Crippen molar-refractivity contribution in [2.75, 3.05) is 0 Å². The second-order valence-corrected chi connectivity index (χ2v) is 7.86. The number of rotatable bonds is 5. The van der Waals surface area contributed by atoms with Crippen molar-refractivity contribution in [3.05, 3.63) is 11.3 Å². The van der Waals surface area contributed by atoms with Crippen molar-refractivity contribution in [3.63, 3.8) is 0 Å².